The molecule has 0 radical (unpaired) electrons. The molecule has 1 heterocycles. The topological polar surface area (TPSA) is 161 Å². The summed E-state index contributed by atoms with van der Waals surface area (Å²) in [5.41, 5.74) is 6.61. The fraction of sp³-hybridized carbons (Fsp3) is 0.320. The van der Waals surface area contributed by atoms with Crippen molar-refractivity contribution >= 4 is 39.4 Å². The van der Waals surface area contributed by atoms with Crippen LogP contribution in [-0.2, 0) is 14.8 Å². The molecule has 2 aromatic carbocycles. The molecule has 10 nitrogen and oxygen atoms in total. The summed E-state index contributed by atoms with van der Waals surface area (Å²) < 4.78 is 47.2. The number of carbonyl (C=O) groups is 1. The van der Waals surface area contributed by atoms with Gasteiger partial charge in [-0.15, -0.1) is 0 Å². The first-order valence-electron chi connectivity index (χ1n) is 11.6. The number of nitrogens with two attached hydrogens (primary N) is 1. The third-order valence-corrected chi connectivity index (χ3v) is 7.48. The van der Waals surface area contributed by atoms with Crippen molar-refractivity contribution in [2.45, 2.75) is 25.9 Å². The Morgan fingerprint density at radius 3 is 2.54 bits per heavy atom. The van der Waals surface area contributed by atoms with Crippen LogP contribution in [0, 0.1) is 16.6 Å². The van der Waals surface area contributed by atoms with Gasteiger partial charge in [0.25, 0.3) is 0 Å². The molecule has 1 saturated heterocycles. The van der Waals surface area contributed by atoms with Gasteiger partial charge in [0.1, 0.15) is 11.9 Å². The van der Waals surface area contributed by atoms with E-state index in [1.54, 1.807) is 37.3 Å². The summed E-state index contributed by atoms with van der Waals surface area (Å²) in [6.07, 6.45) is 4.10. The molecule has 0 aliphatic carbocycles. The van der Waals surface area contributed by atoms with Crippen LogP contribution in [0.1, 0.15) is 30.9 Å². The second kappa shape index (κ2) is 11.9. The molecule has 198 valence electrons. The van der Waals surface area contributed by atoms with Gasteiger partial charge in [0.05, 0.1) is 18.1 Å². The van der Waals surface area contributed by atoms with Crippen LogP contribution >= 0.6 is 0 Å². The van der Waals surface area contributed by atoms with Crippen molar-refractivity contribution in [1.29, 1.82) is 10.8 Å². The highest BCUT2D eigenvalue weighted by atomic mass is 32.2. The fourth-order valence-electron chi connectivity index (χ4n) is 3.94. The zero-order valence-electron chi connectivity index (χ0n) is 20.4. The predicted octanol–water partition coefficient (Wildman–Crippen LogP) is 2.88. The van der Waals surface area contributed by atoms with Crippen molar-refractivity contribution in [3.63, 3.8) is 0 Å². The molecule has 5 N–H and O–H groups in total. The van der Waals surface area contributed by atoms with Crippen LogP contribution in [0.5, 0.6) is 5.75 Å². The van der Waals surface area contributed by atoms with Crippen molar-refractivity contribution in [1.82, 2.24) is 4.90 Å². The second-order valence-corrected chi connectivity index (χ2v) is 10.5. The molecule has 1 aliphatic heterocycles. The molecule has 3 rings (SSSR count). The number of nitrogen functional groups attached to an aromatic ring is 1. The van der Waals surface area contributed by atoms with Crippen molar-refractivity contribution in [2.75, 3.05) is 29.7 Å². The third kappa shape index (κ3) is 7.53. The number of anilines is 1. The van der Waals surface area contributed by atoms with Gasteiger partial charge in [0, 0.05) is 37.6 Å². The van der Waals surface area contributed by atoms with Crippen LogP contribution in [0.15, 0.2) is 48.5 Å². The number of hydrogen-bond acceptors (Lipinski definition) is 6. The van der Waals surface area contributed by atoms with Crippen LogP contribution in [0.4, 0.5) is 10.1 Å². The minimum absolute atomic E-state index is 0.0269. The lowest BCUT2D eigenvalue weighted by Crippen LogP contribution is -2.40. The number of halogens is 1. The zero-order chi connectivity index (χ0) is 27.2. The number of sulfonamides is 1. The molecule has 0 amide bonds. The van der Waals surface area contributed by atoms with Crippen LogP contribution in [-0.4, -0.2) is 67.6 Å². The zero-order valence-corrected chi connectivity index (χ0v) is 21.2. The Hall–Kier alpha value is -3.93. The van der Waals surface area contributed by atoms with Gasteiger partial charge < -0.3 is 20.5 Å². The van der Waals surface area contributed by atoms with Gasteiger partial charge in [-0.05, 0) is 30.7 Å². The number of aliphatic carboxylic acids is 1. The van der Waals surface area contributed by atoms with Crippen LogP contribution < -0.4 is 14.8 Å². The summed E-state index contributed by atoms with van der Waals surface area (Å²) in [6.45, 7) is 2.72. The second-order valence-electron chi connectivity index (χ2n) is 8.63. The molecule has 0 saturated carbocycles. The monoisotopic (exact) mass is 531 g/mol. The minimum atomic E-state index is -4.33. The normalized spacial score (nSPS) is 14.5. The van der Waals surface area contributed by atoms with E-state index in [0.29, 0.717) is 42.9 Å². The van der Waals surface area contributed by atoms with Gasteiger partial charge in [-0.25, -0.2) is 12.8 Å². The van der Waals surface area contributed by atoms with Crippen molar-refractivity contribution in [3.8, 4) is 5.75 Å². The highest BCUT2D eigenvalue weighted by molar-refractivity contribution is 7.93. The van der Waals surface area contributed by atoms with E-state index in [1.165, 1.54) is 18.2 Å². The number of nitrogens with one attached hydrogen (secondary N) is 2. The number of carboxylic acids is 1. The molecule has 2 aromatic rings. The molecule has 1 aliphatic rings. The molecule has 0 unspecified atom stereocenters. The van der Waals surface area contributed by atoms with Crippen LogP contribution in [0.25, 0.3) is 6.08 Å². The Balaban J connectivity index is 1.80. The lowest BCUT2D eigenvalue weighted by molar-refractivity contribution is -0.134. The maximum atomic E-state index is 15.0. The maximum absolute atomic E-state index is 15.0. The van der Waals surface area contributed by atoms with Gasteiger partial charge in [-0.2, -0.15) is 0 Å². The van der Waals surface area contributed by atoms with Crippen LogP contribution in [0.2, 0.25) is 0 Å². The number of amidine groups is 2. The molecule has 0 atom stereocenters. The predicted molar refractivity (Wildman–Crippen MR) is 140 cm³/mol. The first-order valence-corrected chi connectivity index (χ1v) is 13.2. The molecule has 37 heavy (non-hydrogen) atoms. The summed E-state index contributed by atoms with van der Waals surface area (Å²) >= 11 is 0. The fourth-order valence-corrected chi connectivity index (χ4v) is 5.15. The Bertz CT molecular complexity index is 1310. The summed E-state index contributed by atoms with van der Waals surface area (Å²) in [4.78, 5) is 13.1. The van der Waals surface area contributed by atoms with E-state index in [1.807, 2.05) is 4.90 Å². The largest absolute Gasteiger partial charge is 0.487 e. The number of ether oxygens (including phenoxy) is 1. The standard InChI is InChI=1S/C25H30FN5O5S/c1-17(27)30-12-9-21(10-13-30)36-23-8-7-20(15-22(23)26)31(37(34,35)16-24(32)33)11-3-5-18-4-2-6-19(14-18)25(28)29/h2-8,14-15,21,27H,9-13,16H2,1H3,(H3,28,29)(H,32,33)/b5-3+,27-17?. The molecule has 1 fully saturated rings. The lowest BCUT2D eigenvalue weighted by Gasteiger charge is -2.33. The Labute approximate surface area is 215 Å². The van der Waals surface area contributed by atoms with E-state index < -0.39 is 27.6 Å². The number of hydrogen-bond donors (Lipinski definition) is 4. The molecule has 12 heteroatoms. The van der Waals surface area contributed by atoms with Crippen LogP contribution in [0.3, 0.4) is 0 Å². The van der Waals surface area contributed by atoms with E-state index in [0.717, 1.165) is 10.4 Å². The molecule has 0 bridgehead atoms. The van der Waals surface area contributed by atoms with Gasteiger partial charge in [0.15, 0.2) is 17.3 Å². The van der Waals surface area contributed by atoms with Gasteiger partial charge in [0.2, 0.25) is 10.0 Å². The summed E-state index contributed by atoms with van der Waals surface area (Å²) in [6, 6.07) is 10.5. The summed E-state index contributed by atoms with van der Waals surface area (Å²) in [7, 11) is -4.33. The Kier molecular flexibility index (Phi) is 8.87. The Morgan fingerprint density at radius 2 is 1.95 bits per heavy atom. The quantitative estimate of drug-likeness (QED) is 0.271. The average molecular weight is 532 g/mol. The number of carboxylic acid groups (broad SMARTS) is 1. The van der Waals surface area contributed by atoms with Crippen molar-refractivity contribution < 1.29 is 27.4 Å². The molecule has 0 spiro atoms. The maximum Gasteiger partial charge on any atom is 0.320 e. The number of likely N-dealkylation sites (tertiary alicyclic amines) is 1. The number of nitrogens with zero attached hydrogens (tertiary/aromatic N) is 2. The number of piperidine rings is 1. The van der Waals surface area contributed by atoms with E-state index >= 15 is 0 Å². The van der Waals surface area contributed by atoms with Crippen molar-refractivity contribution in [2.24, 2.45) is 5.73 Å². The van der Waals surface area contributed by atoms with Crippen molar-refractivity contribution in [3.05, 3.63) is 65.5 Å². The van der Waals surface area contributed by atoms with E-state index in [-0.39, 0.29) is 29.9 Å². The SMILES string of the molecule is CC(=N)N1CCC(Oc2ccc(N(C/C=C/c3cccc(C(=N)N)c3)S(=O)(=O)CC(=O)O)cc2F)CC1. The van der Waals surface area contributed by atoms with E-state index in [9.17, 15) is 17.6 Å². The molecular formula is C25H30FN5O5S. The highest BCUT2D eigenvalue weighted by Gasteiger charge is 2.27. The lowest BCUT2D eigenvalue weighted by atomic mass is 10.1. The van der Waals surface area contributed by atoms with E-state index in [4.69, 9.17) is 26.4 Å². The highest BCUT2D eigenvalue weighted by Crippen LogP contribution is 2.28. The average Bonchev–Trinajstić information content (AvgIpc) is 2.83. The van der Waals surface area contributed by atoms with Gasteiger partial charge in [-0.3, -0.25) is 19.9 Å². The summed E-state index contributed by atoms with van der Waals surface area (Å²) in [5, 5.41) is 24.3. The summed E-state index contributed by atoms with van der Waals surface area (Å²) in [5.74, 6) is -3.13. The van der Waals surface area contributed by atoms with Gasteiger partial charge >= 0.3 is 5.97 Å². The third-order valence-electron chi connectivity index (χ3n) is 5.83. The number of rotatable bonds is 10. The van der Waals surface area contributed by atoms with Gasteiger partial charge in [-0.1, -0.05) is 30.4 Å². The first kappa shape index (κ1) is 27.7. The molecule has 0 aromatic heterocycles. The molecular weight excluding hydrogens is 501 g/mol. The first-order chi connectivity index (χ1) is 17.5. The van der Waals surface area contributed by atoms with E-state index in [2.05, 4.69) is 0 Å². The minimum Gasteiger partial charge on any atom is -0.487 e. The Morgan fingerprint density at radius 1 is 1.24 bits per heavy atom. The number of benzene rings is 2. The smallest absolute Gasteiger partial charge is 0.320 e.